The van der Waals surface area contributed by atoms with Crippen molar-refractivity contribution in [2.75, 3.05) is 0 Å². The highest BCUT2D eigenvalue weighted by molar-refractivity contribution is 6.34. The highest BCUT2D eigenvalue weighted by Gasteiger charge is 2.07. The third kappa shape index (κ3) is 0.967. The quantitative estimate of drug-likeness (QED) is 0.449. The SMILES string of the molecule is [O-][n+]1ncnc2c(Cl)cccc21. The van der Waals surface area contributed by atoms with Gasteiger partial charge in [-0.15, -0.1) is 0 Å². The van der Waals surface area contributed by atoms with E-state index in [1.54, 1.807) is 18.2 Å². The van der Waals surface area contributed by atoms with Gasteiger partial charge in [0.2, 0.25) is 0 Å². The first kappa shape index (κ1) is 7.24. The maximum absolute atomic E-state index is 11.0. The van der Waals surface area contributed by atoms with E-state index in [-0.39, 0.29) is 0 Å². The molecule has 1 aromatic heterocycles. The zero-order valence-electron chi connectivity index (χ0n) is 5.94. The Morgan fingerprint density at radius 3 is 3.00 bits per heavy atom. The molecule has 0 aliphatic rings. The molecule has 0 spiro atoms. The fourth-order valence-electron chi connectivity index (χ4n) is 0.979. The normalized spacial score (nSPS) is 10.4. The Morgan fingerprint density at radius 2 is 2.25 bits per heavy atom. The summed E-state index contributed by atoms with van der Waals surface area (Å²) in [7, 11) is 0. The van der Waals surface area contributed by atoms with Crippen molar-refractivity contribution in [2.24, 2.45) is 0 Å². The Balaban J connectivity index is 2.94. The number of nitrogens with zero attached hydrogens (tertiary/aromatic N) is 3. The molecular formula is C7H4ClN3O. The lowest BCUT2D eigenvalue weighted by molar-refractivity contribution is -0.643. The van der Waals surface area contributed by atoms with Gasteiger partial charge in [-0.05, 0) is 10.9 Å². The van der Waals surface area contributed by atoms with Gasteiger partial charge in [-0.1, -0.05) is 17.7 Å². The maximum atomic E-state index is 11.0. The number of hydrogen-bond donors (Lipinski definition) is 0. The van der Waals surface area contributed by atoms with Crippen molar-refractivity contribution in [3.8, 4) is 0 Å². The molecule has 0 fully saturated rings. The minimum Gasteiger partial charge on any atom is -0.594 e. The van der Waals surface area contributed by atoms with Crippen LogP contribution in [0.2, 0.25) is 5.02 Å². The van der Waals surface area contributed by atoms with Crippen LogP contribution in [0, 0.1) is 5.21 Å². The summed E-state index contributed by atoms with van der Waals surface area (Å²) in [6.07, 6.45) is 1.18. The van der Waals surface area contributed by atoms with Gasteiger partial charge in [0, 0.05) is 11.2 Å². The van der Waals surface area contributed by atoms with E-state index >= 15 is 0 Å². The predicted molar refractivity (Wildman–Crippen MR) is 43.5 cm³/mol. The molecule has 1 aromatic carbocycles. The molecular weight excluding hydrogens is 178 g/mol. The topological polar surface area (TPSA) is 52.7 Å². The summed E-state index contributed by atoms with van der Waals surface area (Å²) in [5.74, 6) is 0. The zero-order valence-corrected chi connectivity index (χ0v) is 6.69. The summed E-state index contributed by atoms with van der Waals surface area (Å²) >= 11 is 5.79. The number of hydrogen-bond acceptors (Lipinski definition) is 3. The number of rotatable bonds is 0. The van der Waals surface area contributed by atoms with Gasteiger partial charge >= 0.3 is 0 Å². The van der Waals surface area contributed by atoms with Gasteiger partial charge in [-0.2, -0.15) is 0 Å². The first-order chi connectivity index (χ1) is 5.79. The van der Waals surface area contributed by atoms with Crippen LogP contribution in [0.1, 0.15) is 0 Å². The van der Waals surface area contributed by atoms with E-state index < -0.39 is 0 Å². The molecule has 2 rings (SSSR count). The fraction of sp³-hybridized carbons (Fsp3) is 0. The first-order valence-electron chi connectivity index (χ1n) is 3.28. The van der Waals surface area contributed by atoms with Gasteiger partial charge in [-0.25, -0.2) is 4.98 Å². The Kier molecular flexibility index (Phi) is 1.55. The highest BCUT2D eigenvalue weighted by Crippen LogP contribution is 2.16. The van der Waals surface area contributed by atoms with Crippen LogP contribution in [0.3, 0.4) is 0 Å². The van der Waals surface area contributed by atoms with Crippen LogP contribution in [0.4, 0.5) is 0 Å². The minimum atomic E-state index is 0.380. The average Bonchev–Trinajstić information content (AvgIpc) is 2.07. The molecule has 12 heavy (non-hydrogen) atoms. The Morgan fingerprint density at radius 1 is 1.42 bits per heavy atom. The van der Waals surface area contributed by atoms with Crippen molar-refractivity contribution in [2.45, 2.75) is 0 Å². The number of benzene rings is 1. The first-order valence-corrected chi connectivity index (χ1v) is 3.66. The van der Waals surface area contributed by atoms with Crippen LogP contribution in [-0.4, -0.2) is 10.1 Å². The Labute approximate surface area is 73.0 Å². The number of para-hydroxylation sites is 1. The predicted octanol–water partition coefficient (Wildman–Crippen LogP) is 0.917. The summed E-state index contributed by atoms with van der Waals surface area (Å²) < 4.78 is 0. The fourth-order valence-corrected chi connectivity index (χ4v) is 1.20. The van der Waals surface area contributed by atoms with Gasteiger partial charge < -0.3 is 5.21 Å². The molecule has 0 radical (unpaired) electrons. The molecule has 0 unspecified atom stereocenters. The second-order valence-corrected chi connectivity index (χ2v) is 2.65. The molecule has 0 saturated carbocycles. The lowest BCUT2D eigenvalue weighted by atomic mass is 10.3. The van der Waals surface area contributed by atoms with Gasteiger partial charge in [0.25, 0.3) is 5.52 Å². The molecule has 1 heterocycles. The van der Waals surface area contributed by atoms with Crippen molar-refractivity contribution < 1.29 is 4.85 Å². The third-order valence-electron chi connectivity index (χ3n) is 1.51. The standard InChI is InChI=1S/C7H4ClN3O/c8-5-2-1-3-6-7(5)9-4-10-11(6)12/h1-4H. The molecule has 60 valence electrons. The van der Waals surface area contributed by atoms with Crippen molar-refractivity contribution >= 4 is 22.6 Å². The molecule has 5 heteroatoms. The second-order valence-electron chi connectivity index (χ2n) is 2.24. The summed E-state index contributed by atoms with van der Waals surface area (Å²) in [5.41, 5.74) is 0.856. The molecule has 0 aliphatic carbocycles. The van der Waals surface area contributed by atoms with E-state index in [4.69, 9.17) is 11.6 Å². The minimum absolute atomic E-state index is 0.380. The van der Waals surface area contributed by atoms with E-state index in [0.717, 1.165) is 0 Å². The van der Waals surface area contributed by atoms with Crippen LogP contribution in [0.25, 0.3) is 11.0 Å². The van der Waals surface area contributed by atoms with E-state index in [1.165, 1.54) is 6.33 Å². The molecule has 2 aromatic rings. The maximum Gasteiger partial charge on any atom is 0.271 e. The van der Waals surface area contributed by atoms with Crippen molar-refractivity contribution in [1.29, 1.82) is 0 Å². The smallest absolute Gasteiger partial charge is 0.271 e. The average molecular weight is 182 g/mol. The monoisotopic (exact) mass is 181 g/mol. The van der Waals surface area contributed by atoms with E-state index in [0.29, 0.717) is 20.9 Å². The highest BCUT2D eigenvalue weighted by atomic mass is 35.5. The number of halogens is 1. The van der Waals surface area contributed by atoms with E-state index in [1.807, 2.05) is 0 Å². The Hall–Kier alpha value is -1.42. The molecule has 0 bridgehead atoms. The lowest BCUT2D eigenvalue weighted by Gasteiger charge is -1.97. The Bertz CT molecular complexity index is 391. The van der Waals surface area contributed by atoms with Gasteiger partial charge in [-0.3, -0.25) is 0 Å². The largest absolute Gasteiger partial charge is 0.594 e. The van der Waals surface area contributed by atoms with E-state index in [9.17, 15) is 5.21 Å². The molecule has 0 atom stereocenters. The van der Waals surface area contributed by atoms with Crippen molar-refractivity contribution in [1.82, 2.24) is 10.1 Å². The second kappa shape index (κ2) is 2.57. The summed E-state index contributed by atoms with van der Waals surface area (Å²) in [4.78, 5) is 4.37. The number of fused-ring (bicyclic) bond motifs is 1. The van der Waals surface area contributed by atoms with Gasteiger partial charge in [0.15, 0.2) is 11.8 Å². The van der Waals surface area contributed by atoms with Crippen LogP contribution in [0.5, 0.6) is 0 Å². The summed E-state index contributed by atoms with van der Waals surface area (Å²) in [6.45, 7) is 0. The molecule has 0 N–H and O–H groups in total. The molecule has 0 saturated heterocycles. The molecule has 4 nitrogen and oxygen atoms in total. The number of aromatic nitrogens is 3. The van der Waals surface area contributed by atoms with Crippen LogP contribution in [0.15, 0.2) is 24.5 Å². The van der Waals surface area contributed by atoms with Crippen molar-refractivity contribution in [3.63, 3.8) is 0 Å². The zero-order chi connectivity index (χ0) is 8.55. The van der Waals surface area contributed by atoms with Gasteiger partial charge in [0.1, 0.15) is 0 Å². The lowest BCUT2D eigenvalue weighted by Crippen LogP contribution is -2.31. The van der Waals surface area contributed by atoms with Crippen LogP contribution < -0.4 is 4.85 Å². The molecule has 0 amide bonds. The molecule has 0 aliphatic heterocycles. The van der Waals surface area contributed by atoms with Crippen LogP contribution >= 0.6 is 11.6 Å². The summed E-state index contributed by atoms with van der Waals surface area (Å²) in [6, 6.07) is 4.98. The van der Waals surface area contributed by atoms with Crippen LogP contribution in [-0.2, 0) is 0 Å². The van der Waals surface area contributed by atoms with Crippen molar-refractivity contribution in [3.05, 3.63) is 34.8 Å². The summed E-state index contributed by atoms with van der Waals surface area (Å²) in [5, 5.41) is 14.9. The van der Waals surface area contributed by atoms with Gasteiger partial charge in [0.05, 0.1) is 5.02 Å². The third-order valence-corrected chi connectivity index (χ3v) is 1.82. The van der Waals surface area contributed by atoms with E-state index in [2.05, 4.69) is 10.1 Å².